The molecule has 1 aromatic carbocycles. The maximum Gasteiger partial charge on any atom is 0.252 e. The van der Waals surface area contributed by atoms with E-state index in [0.717, 1.165) is 12.1 Å². The Morgan fingerprint density at radius 1 is 1.25 bits per heavy atom. The highest BCUT2D eigenvalue weighted by atomic mass is 16.5. The standard InChI is InChI=1S/C12H14N2O6/c13-9(17)3-12(4-20-5-12)14-11(19)6-1-7(15)10(18)8(16)2-6/h1-2,15-16,18H,3-5H2,(H2,13,17)(H,14,19). The molecule has 1 fully saturated rings. The quantitative estimate of drug-likeness (QED) is 0.456. The minimum Gasteiger partial charge on any atom is -0.504 e. The average Bonchev–Trinajstić information content (AvgIpc) is 2.31. The molecular formula is C12H14N2O6. The van der Waals surface area contributed by atoms with Gasteiger partial charge in [-0.05, 0) is 12.1 Å². The van der Waals surface area contributed by atoms with E-state index >= 15 is 0 Å². The van der Waals surface area contributed by atoms with Gasteiger partial charge in [-0.3, -0.25) is 9.59 Å². The highest BCUT2D eigenvalue weighted by Gasteiger charge is 2.41. The molecule has 1 aliphatic rings. The van der Waals surface area contributed by atoms with Crippen LogP contribution in [0.4, 0.5) is 0 Å². The van der Waals surface area contributed by atoms with Crippen molar-refractivity contribution in [1.82, 2.24) is 5.32 Å². The zero-order chi connectivity index (χ0) is 14.9. The van der Waals surface area contributed by atoms with Crippen LogP contribution in [-0.4, -0.2) is 45.9 Å². The lowest BCUT2D eigenvalue weighted by Crippen LogP contribution is -2.63. The van der Waals surface area contributed by atoms with Gasteiger partial charge in [0.15, 0.2) is 17.2 Å². The topological polar surface area (TPSA) is 142 Å². The predicted octanol–water partition coefficient (Wildman–Crippen LogP) is -0.822. The first-order valence-electron chi connectivity index (χ1n) is 5.76. The minimum atomic E-state index is -0.869. The zero-order valence-electron chi connectivity index (χ0n) is 10.4. The molecule has 0 spiro atoms. The van der Waals surface area contributed by atoms with Crippen molar-refractivity contribution in [1.29, 1.82) is 0 Å². The van der Waals surface area contributed by atoms with Gasteiger partial charge in [-0.2, -0.15) is 0 Å². The number of hydrogen-bond donors (Lipinski definition) is 5. The molecule has 1 aromatic rings. The normalized spacial score (nSPS) is 16.2. The van der Waals surface area contributed by atoms with Gasteiger partial charge < -0.3 is 31.1 Å². The Kier molecular flexibility index (Phi) is 3.41. The Labute approximate surface area is 113 Å². The number of nitrogens with one attached hydrogen (secondary N) is 1. The van der Waals surface area contributed by atoms with Gasteiger partial charge in [0.1, 0.15) is 0 Å². The molecular weight excluding hydrogens is 268 g/mol. The third-order valence-electron chi connectivity index (χ3n) is 2.98. The van der Waals surface area contributed by atoms with E-state index in [-0.39, 0.29) is 25.2 Å². The molecule has 0 aliphatic carbocycles. The number of rotatable bonds is 4. The molecule has 0 aromatic heterocycles. The number of amides is 2. The number of benzene rings is 1. The van der Waals surface area contributed by atoms with Crippen LogP contribution in [0.15, 0.2) is 12.1 Å². The Morgan fingerprint density at radius 2 is 1.80 bits per heavy atom. The lowest BCUT2D eigenvalue weighted by molar-refractivity contribution is -0.127. The number of primary amides is 1. The van der Waals surface area contributed by atoms with Gasteiger partial charge in [0.2, 0.25) is 5.91 Å². The zero-order valence-corrected chi connectivity index (χ0v) is 10.4. The molecule has 2 rings (SSSR count). The van der Waals surface area contributed by atoms with Crippen LogP contribution in [0.1, 0.15) is 16.8 Å². The summed E-state index contributed by atoms with van der Waals surface area (Å²) in [4.78, 5) is 23.0. The lowest BCUT2D eigenvalue weighted by Gasteiger charge is -2.41. The largest absolute Gasteiger partial charge is 0.504 e. The number of ether oxygens (including phenoxy) is 1. The van der Waals surface area contributed by atoms with Crippen molar-refractivity contribution in [3.63, 3.8) is 0 Å². The van der Waals surface area contributed by atoms with Crippen molar-refractivity contribution >= 4 is 11.8 Å². The molecule has 0 unspecified atom stereocenters. The molecule has 0 saturated carbocycles. The molecule has 8 heteroatoms. The number of aromatic hydroxyl groups is 3. The fraction of sp³-hybridized carbons (Fsp3) is 0.333. The molecule has 6 N–H and O–H groups in total. The van der Waals surface area contributed by atoms with Gasteiger partial charge in [-0.25, -0.2) is 0 Å². The summed E-state index contributed by atoms with van der Waals surface area (Å²) in [5.74, 6) is -3.15. The van der Waals surface area contributed by atoms with Crippen LogP contribution in [0, 0.1) is 0 Å². The summed E-state index contributed by atoms with van der Waals surface area (Å²) in [5.41, 5.74) is 4.18. The molecule has 108 valence electrons. The molecule has 1 heterocycles. The van der Waals surface area contributed by atoms with E-state index in [9.17, 15) is 24.9 Å². The molecule has 0 radical (unpaired) electrons. The second-order valence-corrected chi connectivity index (χ2v) is 4.73. The Bertz CT molecular complexity index is 544. The van der Waals surface area contributed by atoms with Crippen molar-refractivity contribution in [3.05, 3.63) is 17.7 Å². The first-order chi connectivity index (χ1) is 9.33. The molecule has 1 saturated heterocycles. The van der Waals surface area contributed by atoms with E-state index in [4.69, 9.17) is 10.5 Å². The lowest BCUT2D eigenvalue weighted by atomic mass is 9.92. The van der Waals surface area contributed by atoms with Crippen LogP contribution >= 0.6 is 0 Å². The first kappa shape index (κ1) is 13.9. The summed E-state index contributed by atoms with van der Waals surface area (Å²) in [5, 5.41) is 30.5. The van der Waals surface area contributed by atoms with E-state index in [2.05, 4.69) is 5.32 Å². The number of hydrogen-bond acceptors (Lipinski definition) is 6. The van der Waals surface area contributed by atoms with Crippen LogP contribution in [0.5, 0.6) is 17.2 Å². The van der Waals surface area contributed by atoms with Gasteiger partial charge in [-0.15, -0.1) is 0 Å². The summed E-state index contributed by atoms with van der Waals surface area (Å²) >= 11 is 0. The number of phenols is 3. The summed E-state index contributed by atoms with van der Waals surface area (Å²) in [6.07, 6.45) is -0.0746. The van der Waals surface area contributed by atoms with Gasteiger partial charge in [0.05, 0.1) is 25.2 Å². The number of phenolic OH excluding ortho intramolecular Hbond substituents is 3. The minimum absolute atomic E-state index is 0.0615. The Morgan fingerprint density at radius 3 is 2.20 bits per heavy atom. The maximum atomic E-state index is 12.0. The van der Waals surface area contributed by atoms with Gasteiger partial charge in [0, 0.05) is 5.56 Å². The highest BCUT2D eigenvalue weighted by molar-refractivity contribution is 5.96. The third-order valence-corrected chi connectivity index (χ3v) is 2.98. The van der Waals surface area contributed by atoms with Crippen molar-refractivity contribution < 1.29 is 29.6 Å². The fourth-order valence-corrected chi connectivity index (χ4v) is 1.95. The summed E-state index contributed by atoms with van der Waals surface area (Å²) in [6, 6.07) is 2.00. The van der Waals surface area contributed by atoms with Crippen LogP contribution in [0.3, 0.4) is 0 Å². The molecule has 1 aliphatic heterocycles. The molecule has 20 heavy (non-hydrogen) atoms. The Balaban J connectivity index is 2.17. The van der Waals surface area contributed by atoms with Crippen LogP contribution in [0.2, 0.25) is 0 Å². The van der Waals surface area contributed by atoms with E-state index in [1.807, 2.05) is 0 Å². The van der Waals surface area contributed by atoms with Crippen molar-refractivity contribution in [2.45, 2.75) is 12.0 Å². The highest BCUT2D eigenvalue weighted by Crippen LogP contribution is 2.35. The van der Waals surface area contributed by atoms with Crippen LogP contribution < -0.4 is 11.1 Å². The summed E-state index contributed by atoms with van der Waals surface area (Å²) in [6.45, 7) is 0.301. The van der Waals surface area contributed by atoms with Gasteiger partial charge in [0.25, 0.3) is 5.91 Å². The van der Waals surface area contributed by atoms with Crippen LogP contribution in [-0.2, 0) is 9.53 Å². The van der Waals surface area contributed by atoms with Crippen LogP contribution in [0.25, 0.3) is 0 Å². The molecule has 8 nitrogen and oxygen atoms in total. The second-order valence-electron chi connectivity index (χ2n) is 4.73. The van der Waals surface area contributed by atoms with E-state index in [1.54, 1.807) is 0 Å². The summed E-state index contributed by atoms with van der Waals surface area (Å²) in [7, 11) is 0. The van der Waals surface area contributed by atoms with Gasteiger partial charge >= 0.3 is 0 Å². The molecule has 2 amide bonds. The number of nitrogens with two attached hydrogens (primary N) is 1. The Hall–Kier alpha value is -2.48. The van der Waals surface area contributed by atoms with E-state index in [0.29, 0.717) is 0 Å². The third kappa shape index (κ3) is 2.59. The average molecular weight is 282 g/mol. The second kappa shape index (κ2) is 4.89. The molecule has 0 bridgehead atoms. The number of carbonyl (C=O) groups excluding carboxylic acids is 2. The van der Waals surface area contributed by atoms with E-state index < -0.39 is 34.6 Å². The predicted molar refractivity (Wildman–Crippen MR) is 66.3 cm³/mol. The van der Waals surface area contributed by atoms with E-state index in [1.165, 1.54) is 0 Å². The van der Waals surface area contributed by atoms with Crippen molar-refractivity contribution in [3.8, 4) is 17.2 Å². The first-order valence-corrected chi connectivity index (χ1v) is 5.76. The van der Waals surface area contributed by atoms with Crippen molar-refractivity contribution in [2.75, 3.05) is 13.2 Å². The molecule has 0 atom stereocenters. The van der Waals surface area contributed by atoms with Crippen molar-refractivity contribution in [2.24, 2.45) is 5.73 Å². The van der Waals surface area contributed by atoms with Gasteiger partial charge in [-0.1, -0.05) is 0 Å². The SMILES string of the molecule is NC(=O)CC1(NC(=O)c2cc(O)c(O)c(O)c2)COC1. The monoisotopic (exact) mass is 282 g/mol. The smallest absolute Gasteiger partial charge is 0.252 e. The number of carbonyl (C=O) groups is 2. The fourth-order valence-electron chi connectivity index (χ4n) is 1.95. The summed E-state index contributed by atoms with van der Waals surface area (Å²) < 4.78 is 4.98. The maximum absolute atomic E-state index is 12.0.